The lowest BCUT2D eigenvalue weighted by Gasteiger charge is -2.16. The highest BCUT2D eigenvalue weighted by atomic mass is 35.5. The van der Waals surface area contributed by atoms with Gasteiger partial charge in [-0.05, 0) is 73.7 Å². The molecule has 37 heavy (non-hydrogen) atoms. The first-order valence-corrected chi connectivity index (χ1v) is 11.7. The molecule has 0 fully saturated rings. The van der Waals surface area contributed by atoms with Gasteiger partial charge in [0.15, 0.2) is 0 Å². The lowest BCUT2D eigenvalue weighted by Crippen LogP contribution is -2.32. The van der Waals surface area contributed by atoms with Crippen LogP contribution in [0.4, 0.5) is 34.9 Å². The van der Waals surface area contributed by atoms with E-state index >= 15 is 0 Å². The number of amides is 1. The van der Waals surface area contributed by atoms with Crippen LogP contribution in [0.5, 0.6) is 11.5 Å². The molecule has 0 bridgehead atoms. The van der Waals surface area contributed by atoms with Crippen molar-refractivity contribution in [3.05, 3.63) is 77.8 Å². The maximum atomic E-state index is 12.8. The Morgan fingerprint density at radius 3 is 1.76 bits per heavy atom. The number of hydrogen-bond acceptors (Lipinski definition) is 9. The zero-order valence-electron chi connectivity index (χ0n) is 20.4. The molecule has 0 spiro atoms. The zero-order valence-corrected chi connectivity index (χ0v) is 21.2. The second-order valence-corrected chi connectivity index (χ2v) is 8.32. The molecule has 0 aliphatic carbocycles. The molecule has 0 saturated heterocycles. The average Bonchev–Trinajstić information content (AvgIpc) is 2.89. The van der Waals surface area contributed by atoms with E-state index in [0.29, 0.717) is 10.7 Å². The minimum absolute atomic E-state index is 0.204. The van der Waals surface area contributed by atoms with E-state index in [1.807, 2.05) is 48.5 Å². The number of halogens is 1. The maximum Gasteiger partial charge on any atom is 0.246 e. The first-order valence-electron chi connectivity index (χ1n) is 11.3. The fourth-order valence-corrected chi connectivity index (χ4v) is 3.43. The molecule has 190 valence electrons. The third-order valence-electron chi connectivity index (χ3n) is 5.16. The van der Waals surface area contributed by atoms with E-state index in [-0.39, 0.29) is 23.8 Å². The van der Waals surface area contributed by atoms with Crippen LogP contribution in [0.2, 0.25) is 5.02 Å². The molecule has 11 heteroatoms. The van der Waals surface area contributed by atoms with Crippen LogP contribution in [0.1, 0.15) is 6.92 Å². The van der Waals surface area contributed by atoms with E-state index in [4.69, 9.17) is 21.1 Å². The number of methoxy groups -OCH3 is 2. The van der Waals surface area contributed by atoms with Crippen LogP contribution < -0.4 is 30.7 Å². The van der Waals surface area contributed by atoms with Crippen molar-refractivity contribution in [2.45, 2.75) is 13.0 Å². The van der Waals surface area contributed by atoms with Gasteiger partial charge in [-0.1, -0.05) is 17.7 Å². The predicted molar refractivity (Wildman–Crippen MR) is 146 cm³/mol. The molecular formula is C26H26ClN7O3. The zero-order chi connectivity index (χ0) is 26.2. The van der Waals surface area contributed by atoms with Gasteiger partial charge in [0, 0.05) is 22.1 Å². The number of carbonyl (C=O) groups is 1. The second-order valence-electron chi connectivity index (χ2n) is 7.88. The highest BCUT2D eigenvalue weighted by Gasteiger charge is 2.16. The Kier molecular flexibility index (Phi) is 8.22. The second kappa shape index (κ2) is 11.9. The van der Waals surface area contributed by atoms with Crippen LogP contribution in [0, 0.1) is 0 Å². The first kappa shape index (κ1) is 25.5. The molecule has 10 nitrogen and oxygen atoms in total. The molecule has 4 rings (SSSR count). The van der Waals surface area contributed by atoms with Gasteiger partial charge < -0.3 is 30.7 Å². The summed E-state index contributed by atoms with van der Waals surface area (Å²) in [4.78, 5) is 26.1. The van der Waals surface area contributed by atoms with Crippen LogP contribution >= 0.6 is 11.6 Å². The van der Waals surface area contributed by atoms with E-state index in [9.17, 15) is 4.79 Å². The molecule has 4 N–H and O–H groups in total. The third kappa shape index (κ3) is 7.21. The Labute approximate surface area is 219 Å². The molecule has 0 radical (unpaired) electrons. The third-order valence-corrected chi connectivity index (χ3v) is 5.39. The number of benzene rings is 3. The normalized spacial score (nSPS) is 11.2. The van der Waals surface area contributed by atoms with Gasteiger partial charge in [0.1, 0.15) is 17.5 Å². The van der Waals surface area contributed by atoms with Crippen molar-refractivity contribution in [3.63, 3.8) is 0 Å². The van der Waals surface area contributed by atoms with Gasteiger partial charge in [-0.2, -0.15) is 15.0 Å². The topological polar surface area (TPSA) is 122 Å². The standard InChI is InChI=1S/C26H26ClN7O3/c1-16(23(35)29-20-6-4-5-17(27)15-20)28-24-32-25(30-18-7-11-21(36-2)12-8-18)34-26(33-24)31-19-9-13-22(37-3)14-10-19/h4-16H,1-3H3,(H,29,35)(H3,28,30,31,32,33,34). The Bertz CT molecular complexity index is 1280. The van der Waals surface area contributed by atoms with E-state index in [2.05, 4.69) is 36.2 Å². The molecule has 1 unspecified atom stereocenters. The molecule has 1 aromatic heterocycles. The summed E-state index contributed by atoms with van der Waals surface area (Å²) in [6.07, 6.45) is 0. The molecule has 3 aromatic carbocycles. The summed E-state index contributed by atoms with van der Waals surface area (Å²) >= 11 is 6.02. The van der Waals surface area contributed by atoms with Gasteiger partial charge in [-0.25, -0.2) is 0 Å². The minimum atomic E-state index is -0.663. The average molecular weight is 520 g/mol. The van der Waals surface area contributed by atoms with Crippen molar-refractivity contribution in [2.75, 3.05) is 35.5 Å². The summed E-state index contributed by atoms with van der Waals surface area (Å²) in [7, 11) is 3.21. The van der Waals surface area contributed by atoms with E-state index in [1.165, 1.54) is 0 Å². The Morgan fingerprint density at radius 1 is 0.757 bits per heavy atom. The van der Waals surface area contributed by atoms with E-state index in [0.717, 1.165) is 22.9 Å². The quantitative estimate of drug-likeness (QED) is 0.216. The van der Waals surface area contributed by atoms with Gasteiger partial charge in [0.2, 0.25) is 23.8 Å². The highest BCUT2D eigenvalue weighted by molar-refractivity contribution is 6.30. The van der Waals surface area contributed by atoms with Crippen molar-refractivity contribution < 1.29 is 14.3 Å². The molecular weight excluding hydrogens is 494 g/mol. The summed E-state index contributed by atoms with van der Waals surface area (Å²) in [5.41, 5.74) is 2.09. The predicted octanol–water partition coefficient (Wildman–Crippen LogP) is 5.47. The van der Waals surface area contributed by atoms with Gasteiger partial charge >= 0.3 is 0 Å². The van der Waals surface area contributed by atoms with E-state index < -0.39 is 6.04 Å². The molecule has 1 atom stereocenters. The number of carbonyl (C=O) groups excluding carboxylic acids is 1. The number of aromatic nitrogens is 3. The number of nitrogens with zero attached hydrogens (tertiary/aromatic N) is 3. The summed E-state index contributed by atoms with van der Waals surface area (Å²) in [5, 5.41) is 12.7. The summed E-state index contributed by atoms with van der Waals surface area (Å²) in [6, 6.07) is 20.9. The smallest absolute Gasteiger partial charge is 0.246 e. The Morgan fingerprint density at radius 2 is 1.27 bits per heavy atom. The van der Waals surface area contributed by atoms with Crippen LogP contribution in [-0.2, 0) is 4.79 Å². The minimum Gasteiger partial charge on any atom is -0.497 e. The SMILES string of the molecule is COc1ccc(Nc2nc(Nc3ccc(OC)cc3)nc(NC(C)C(=O)Nc3cccc(Cl)c3)n2)cc1. The fourth-order valence-electron chi connectivity index (χ4n) is 3.24. The number of hydrogen-bond donors (Lipinski definition) is 4. The van der Waals surface area contributed by atoms with E-state index in [1.54, 1.807) is 45.4 Å². The first-order chi connectivity index (χ1) is 17.9. The summed E-state index contributed by atoms with van der Waals surface area (Å²) in [6.45, 7) is 1.71. The van der Waals surface area contributed by atoms with Crippen molar-refractivity contribution in [1.82, 2.24) is 15.0 Å². The molecule has 0 saturated carbocycles. The lowest BCUT2D eigenvalue weighted by molar-refractivity contribution is -0.116. The molecule has 0 aliphatic rings. The maximum absolute atomic E-state index is 12.8. The van der Waals surface area contributed by atoms with Gasteiger partial charge in [0.05, 0.1) is 14.2 Å². The Hall–Kier alpha value is -4.57. The van der Waals surface area contributed by atoms with Gasteiger partial charge in [0.25, 0.3) is 0 Å². The Balaban J connectivity index is 1.55. The van der Waals surface area contributed by atoms with Crippen molar-refractivity contribution in [1.29, 1.82) is 0 Å². The van der Waals surface area contributed by atoms with Crippen molar-refractivity contribution in [2.24, 2.45) is 0 Å². The largest absolute Gasteiger partial charge is 0.497 e. The highest BCUT2D eigenvalue weighted by Crippen LogP contribution is 2.22. The molecule has 0 aliphatic heterocycles. The monoisotopic (exact) mass is 519 g/mol. The van der Waals surface area contributed by atoms with Crippen molar-refractivity contribution >= 4 is 52.4 Å². The molecule has 4 aromatic rings. The summed E-state index contributed by atoms with van der Waals surface area (Å²) in [5.74, 6) is 1.94. The van der Waals surface area contributed by atoms with Crippen molar-refractivity contribution in [3.8, 4) is 11.5 Å². The summed E-state index contributed by atoms with van der Waals surface area (Å²) < 4.78 is 10.4. The van der Waals surface area contributed by atoms with Gasteiger partial charge in [-0.3, -0.25) is 4.79 Å². The van der Waals surface area contributed by atoms with Crippen LogP contribution in [0.25, 0.3) is 0 Å². The van der Waals surface area contributed by atoms with Gasteiger partial charge in [-0.15, -0.1) is 0 Å². The number of nitrogens with one attached hydrogen (secondary N) is 4. The van der Waals surface area contributed by atoms with Crippen LogP contribution in [0.3, 0.4) is 0 Å². The number of ether oxygens (including phenoxy) is 2. The van der Waals surface area contributed by atoms with Crippen LogP contribution in [0.15, 0.2) is 72.8 Å². The number of anilines is 6. The molecule has 1 heterocycles. The fraction of sp³-hybridized carbons (Fsp3) is 0.154. The lowest BCUT2D eigenvalue weighted by atomic mass is 10.2. The molecule has 1 amide bonds. The van der Waals surface area contributed by atoms with Crippen LogP contribution in [-0.4, -0.2) is 41.1 Å². The number of rotatable bonds is 10.